The zero-order chi connectivity index (χ0) is 23.4. The highest BCUT2D eigenvalue weighted by molar-refractivity contribution is 6.04. The molecule has 9 nitrogen and oxygen atoms in total. The van der Waals surface area contributed by atoms with Crippen molar-refractivity contribution in [1.82, 2.24) is 19.4 Å². The van der Waals surface area contributed by atoms with Crippen LogP contribution in [0, 0.1) is 11.3 Å². The first-order valence-corrected chi connectivity index (χ1v) is 11.0. The number of benzene rings is 1. The lowest BCUT2D eigenvalue weighted by molar-refractivity contribution is 0.0741. The van der Waals surface area contributed by atoms with Crippen LogP contribution >= 0.6 is 0 Å². The molecule has 1 aliphatic rings. The molecule has 0 saturated carbocycles. The number of methoxy groups -OCH3 is 1. The van der Waals surface area contributed by atoms with Crippen molar-refractivity contribution in [2.75, 3.05) is 25.6 Å². The number of hydrogen-bond acceptors (Lipinski definition) is 6. The summed E-state index contributed by atoms with van der Waals surface area (Å²) in [5.74, 6) is -0.136. The molecule has 9 heteroatoms. The Labute approximate surface area is 192 Å². The Balaban J connectivity index is 1.67. The molecule has 0 unspecified atom stereocenters. The molecule has 2 aromatic heterocycles. The van der Waals surface area contributed by atoms with Crippen LogP contribution in [0.4, 0.5) is 5.95 Å². The summed E-state index contributed by atoms with van der Waals surface area (Å²) in [6.45, 7) is 3.81. The number of aryl methyl sites for hydroxylation is 1. The fraction of sp³-hybridized carbons (Fsp3) is 0.375. The lowest BCUT2D eigenvalue weighted by Crippen LogP contribution is -2.34. The fourth-order valence-corrected chi connectivity index (χ4v) is 4.08. The van der Waals surface area contributed by atoms with Crippen LogP contribution in [0.1, 0.15) is 52.6 Å². The standard InChI is InChI=1S/C24H26N6O3/c1-16-6-4-11-29(16)23(32)20-10-9-19-21(26-20)30(12-5-13-33-2)24(27-19)28-22(31)18-8-3-7-17(14-18)15-25/h3,7-10,14,16H,4-6,11-13H2,1-2H3,(H,27,28,31)/t16-/m1/s1. The maximum Gasteiger partial charge on any atom is 0.272 e. The van der Waals surface area contributed by atoms with Crippen molar-refractivity contribution in [3.8, 4) is 6.07 Å². The van der Waals surface area contributed by atoms with Crippen LogP contribution in [-0.4, -0.2) is 57.6 Å². The summed E-state index contributed by atoms with van der Waals surface area (Å²) in [5.41, 5.74) is 2.24. The van der Waals surface area contributed by atoms with Crippen molar-refractivity contribution in [3.63, 3.8) is 0 Å². The first kappa shape index (κ1) is 22.4. The van der Waals surface area contributed by atoms with Crippen molar-refractivity contribution in [3.05, 3.63) is 53.2 Å². The number of nitrogens with zero attached hydrogens (tertiary/aromatic N) is 5. The molecule has 3 aromatic rings. The number of anilines is 1. The van der Waals surface area contributed by atoms with Crippen LogP contribution in [0.15, 0.2) is 36.4 Å². The number of likely N-dealkylation sites (tertiary alicyclic amines) is 1. The number of carbonyl (C=O) groups excluding carboxylic acids is 2. The van der Waals surface area contributed by atoms with E-state index < -0.39 is 0 Å². The van der Waals surface area contributed by atoms with Crippen molar-refractivity contribution in [2.24, 2.45) is 0 Å². The molecule has 0 bridgehead atoms. The van der Waals surface area contributed by atoms with Crippen LogP contribution in [-0.2, 0) is 11.3 Å². The average Bonchev–Trinajstić information content (AvgIpc) is 3.41. The molecule has 1 fully saturated rings. The predicted octanol–water partition coefficient (Wildman–Crippen LogP) is 3.22. The van der Waals surface area contributed by atoms with Gasteiger partial charge in [0, 0.05) is 38.4 Å². The molecule has 1 aromatic carbocycles. The summed E-state index contributed by atoms with van der Waals surface area (Å²) in [6.07, 6.45) is 2.66. The van der Waals surface area contributed by atoms with E-state index in [0.717, 1.165) is 19.4 Å². The van der Waals surface area contributed by atoms with Gasteiger partial charge in [-0.2, -0.15) is 5.26 Å². The smallest absolute Gasteiger partial charge is 0.272 e. The number of pyridine rings is 1. The van der Waals surface area contributed by atoms with Crippen molar-refractivity contribution >= 4 is 28.9 Å². The summed E-state index contributed by atoms with van der Waals surface area (Å²) in [5, 5.41) is 11.9. The normalized spacial score (nSPS) is 15.5. The molecule has 1 saturated heterocycles. The number of amides is 2. The molecule has 1 N–H and O–H groups in total. The van der Waals surface area contributed by atoms with E-state index in [-0.39, 0.29) is 17.9 Å². The average molecular weight is 447 g/mol. The Hall–Kier alpha value is -3.77. The SMILES string of the molecule is COCCCn1c(NC(=O)c2cccc(C#N)c2)nc2ccc(C(=O)N3CCC[C@H]3C)nc21. The zero-order valence-corrected chi connectivity index (χ0v) is 18.7. The number of carbonyl (C=O) groups is 2. The van der Waals surface area contributed by atoms with E-state index in [4.69, 9.17) is 10.00 Å². The number of fused-ring (bicyclic) bond motifs is 1. The molecule has 1 atom stereocenters. The third-order valence-corrected chi connectivity index (χ3v) is 5.83. The highest BCUT2D eigenvalue weighted by atomic mass is 16.5. The van der Waals surface area contributed by atoms with Crippen LogP contribution < -0.4 is 5.32 Å². The number of hydrogen-bond donors (Lipinski definition) is 1. The Morgan fingerprint density at radius 3 is 2.85 bits per heavy atom. The van der Waals surface area contributed by atoms with Gasteiger partial charge in [0.15, 0.2) is 5.65 Å². The summed E-state index contributed by atoms with van der Waals surface area (Å²) >= 11 is 0. The number of aromatic nitrogens is 3. The highest BCUT2D eigenvalue weighted by Gasteiger charge is 2.27. The lowest BCUT2D eigenvalue weighted by atomic mass is 10.1. The van der Waals surface area contributed by atoms with Crippen LogP contribution in [0.5, 0.6) is 0 Å². The number of rotatable bonds is 7. The Kier molecular flexibility index (Phi) is 6.66. The van der Waals surface area contributed by atoms with Gasteiger partial charge in [-0.1, -0.05) is 6.07 Å². The number of nitrogens with one attached hydrogen (secondary N) is 1. The molecule has 0 radical (unpaired) electrons. The zero-order valence-electron chi connectivity index (χ0n) is 18.7. The van der Waals surface area contributed by atoms with Crippen LogP contribution in [0.3, 0.4) is 0 Å². The summed E-state index contributed by atoms with van der Waals surface area (Å²) in [4.78, 5) is 36.9. The summed E-state index contributed by atoms with van der Waals surface area (Å²) in [7, 11) is 1.63. The molecule has 1 aliphatic heterocycles. The minimum Gasteiger partial charge on any atom is -0.385 e. The largest absolute Gasteiger partial charge is 0.385 e. The lowest BCUT2D eigenvalue weighted by Gasteiger charge is -2.20. The minimum absolute atomic E-state index is 0.0922. The minimum atomic E-state index is -0.377. The molecule has 170 valence electrons. The number of ether oxygens (including phenoxy) is 1. The molecular weight excluding hydrogens is 420 g/mol. The molecule has 0 aliphatic carbocycles. The topological polar surface area (TPSA) is 113 Å². The fourth-order valence-electron chi connectivity index (χ4n) is 4.08. The van der Waals surface area contributed by atoms with Gasteiger partial charge in [0.05, 0.1) is 11.6 Å². The third-order valence-electron chi connectivity index (χ3n) is 5.83. The third kappa shape index (κ3) is 4.71. The van der Waals surface area contributed by atoms with Gasteiger partial charge in [0.2, 0.25) is 5.95 Å². The Bertz CT molecular complexity index is 1230. The molecular formula is C24H26N6O3. The van der Waals surface area contributed by atoms with Gasteiger partial charge in [-0.25, -0.2) is 9.97 Å². The first-order valence-electron chi connectivity index (χ1n) is 11.0. The number of nitriles is 1. The second kappa shape index (κ2) is 9.79. The maximum absolute atomic E-state index is 13.0. The molecule has 0 spiro atoms. The van der Waals surface area contributed by atoms with E-state index in [1.54, 1.807) is 42.0 Å². The van der Waals surface area contributed by atoms with Gasteiger partial charge in [-0.3, -0.25) is 19.5 Å². The predicted molar refractivity (Wildman–Crippen MR) is 123 cm³/mol. The number of imidazole rings is 1. The first-order chi connectivity index (χ1) is 16.0. The van der Waals surface area contributed by atoms with E-state index >= 15 is 0 Å². The second-order valence-electron chi connectivity index (χ2n) is 8.11. The van der Waals surface area contributed by atoms with Gasteiger partial charge in [-0.15, -0.1) is 0 Å². The molecule has 2 amide bonds. The van der Waals surface area contributed by atoms with Gasteiger partial charge in [0.25, 0.3) is 11.8 Å². The Morgan fingerprint density at radius 1 is 1.27 bits per heavy atom. The van der Waals surface area contributed by atoms with E-state index in [1.807, 2.05) is 17.9 Å². The van der Waals surface area contributed by atoms with Gasteiger partial charge < -0.3 is 9.64 Å². The summed E-state index contributed by atoms with van der Waals surface area (Å²) in [6, 6.07) is 12.1. The second-order valence-corrected chi connectivity index (χ2v) is 8.11. The van der Waals surface area contributed by atoms with E-state index in [9.17, 15) is 9.59 Å². The van der Waals surface area contributed by atoms with Crippen LogP contribution in [0.2, 0.25) is 0 Å². The van der Waals surface area contributed by atoms with Gasteiger partial charge in [-0.05, 0) is 56.5 Å². The van der Waals surface area contributed by atoms with Crippen LogP contribution in [0.25, 0.3) is 11.2 Å². The monoisotopic (exact) mass is 446 g/mol. The maximum atomic E-state index is 13.0. The van der Waals surface area contributed by atoms with Crippen molar-refractivity contribution in [1.29, 1.82) is 5.26 Å². The highest BCUT2D eigenvalue weighted by Crippen LogP contribution is 2.23. The van der Waals surface area contributed by atoms with Gasteiger partial charge >= 0.3 is 0 Å². The van der Waals surface area contributed by atoms with E-state index in [1.165, 1.54) is 6.07 Å². The van der Waals surface area contributed by atoms with E-state index in [2.05, 4.69) is 15.3 Å². The molecule has 3 heterocycles. The van der Waals surface area contributed by atoms with Gasteiger partial charge in [0.1, 0.15) is 11.2 Å². The van der Waals surface area contributed by atoms with E-state index in [0.29, 0.717) is 53.5 Å². The quantitative estimate of drug-likeness (QED) is 0.558. The molecule has 4 rings (SSSR count). The van der Waals surface area contributed by atoms with Crippen molar-refractivity contribution < 1.29 is 14.3 Å². The molecule has 33 heavy (non-hydrogen) atoms. The van der Waals surface area contributed by atoms with Crippen molar-refractivity contribution in [2.45, 2.75) is 38.8 Å². The summed E-state index contributed by atoms with van der Waals surface area (Å²) < 4.78 is 6.97. The Morgan fingerprint density at radius 2 is 2.12 bits per heavy atom.